The van der Waals surface area contributed by atoms with Gasteiger partial charge in [0.25, 0.3) is 0 Å². The minimum atomic E-state index is -3.79. The van der Waals surface area contributed by atoms with Gasteiger partial charge in [-0.25, -0.2) is 0 Å². The molecule has 0 aromatic heterocycles. The summed E-state index contributed by atoms with van der Waals surface area (Å²) in [5, 5.41) is 0. The Bertz CT molecular complexity index is 62.8. The van der Waals surface area contributed by atoms with Gasteiger partial charge in [0, 0.05) is 0 Å². The number of rotatable bonds is 2. The molecule has 0 aliphatic rings. The molecule has 0 spiro atoms. The third-order valence-corrected chi connectivity index (χ3v) is 4.39. The molecule has 0 rings (SSSR count). The SMILES string of the molecule is C[CH2][Pb+2][CH2]C.O=[Se]([O-])[O-]. The van der Waals surface area contributed by atoms with Crippen LogP contribution in [0.5, 0.6) is 0 Å². The van der Waals surface area contributed by atoms with E-state index in [2.05, 4.69) is 13.8 Å². The van der Waals surface area contributed by atoms with Crippen molar-refractivity contribution in [3.05, 3.63) is 0 Å². The molecule has 0 aromatic carbocycles. The maximum absolute atomic E-state index is 8.54. The van der Waals surface area contributed by atoms with Gasteiger partial charge in [0.2, 0.25) is 0 Å². The Kier molecular flexibility index (Phi) is 16.9. The topological polar surface area (TPSA) is 63.2 Å². The maximum atomic E-state index is 8.54. The third kappa shape index (κ3) is 47.0. The Morgan fingerprint density at radius 1 is 1.33 bits per heavy atom. The Morgan fingerprint density at radius 3 is 1.56 bits per heavy atom. The average Bonchev–Trinajstić information content (AvgIpc) is 1.66. The van der Waals surface area contributed by atoms with Crippen LogP contribution in [0.4, 0.5) is 0 Å². The summed E-state index contributed by atoms with van der Waals surface area (Å²) in [5.41, 5.74) is 0. The van der Waals surface area contributed by atoms with Crippen LogP contribution in [0.1, 0.15) is 13.8 Å². The summed E-state index contributed by atoms with van der Waals surface area (Å²) in [6, 6.07) is 0. The summed E-state index contributed by atoms with van der Waals surface area (Å²) >= 11 is -3.74. The van der Waals surface area contributed by atoms with E-state index < -0.39 is 14.5 Å². The summed E-state index contributed by atoms with van der Waals surface area (Å²) < 4.78 is 28.7. The fourth-order valence-corrected chi connectivity index (χ4v) is 2.19. The summed E-state index contributed by atoms with van der Waals surface area (Å²) in [6.07, 6.45) is 0. The molecule has 54 valence electrons. The van der Waals surface area contributed by atoms with Crippen LogP contribution in [0, 0.1) is 0 Å². The van der Waals surface area contributed by atoms with Gasteiger partial charge in [0.15, 0.2) is 0 Å². The van der Waals surface area contributed by atoms with E-state index in [1.165, 1.54) is 7.96 Å². The van der Waals surface area contributed by atoms with Gasteiger partial charge in [-0.1, -0.05) is 0 Å². The van der Waals surface area contributed by atoms with Gasteiger partial charge >= 0.3 is 72.7 Å². The van der Waals surface area contributed by atoms with Crippen LogP contribution in [-0.4, -0.2) is 38.7 Å². The summed E-state index contributed by atoms with van der Waals surface area (Å²) in [4.78, 5) is 0. The Labute approximate surface area is 72.4 Å². The van der Waals surface area contributed by atoms with Crippen LogP contribution >= 0.6 is 0 Å². The summed E-state index contributed by atoms with van der Waals surface area (Å²) in [7, 11) is 0. The molecular weight excluding hydrogens is 382 g/mol. The van der Waals surface area contributed by atoms with Gasteiger partial charge in [-0.3, -0.25) is 0 Å². The second-order valence-corrected chi connectivity index (χ2v) is 9.46. The van der Waals surface area contributed by atoms with Crippen molar-refractivity contribution < 1.29 is 12.2 Å². The van der Waals surface area contributed by atoms with Crippen LogP contribution in [-0.2, 0) is 3.83 Å². The standard InChI is InChI=1S/2C2H5.H2O3Se.Pb/c2*1-2;1-4(2)3;/h2*1H2,2H3;(H2,1,2,3);/q;;;+2/p-2. The van der Waals surface area contributed by atoms with E-state index in [1.807, 2.05) is 0 Å². The van der Waals surface area contributed by atoms with Crippen molar-refractivity contribution >= 4 is 38.7 Å². The van der Waals surface area contributed by atoms with Crippen molar-refractivity contribution in [1.82, 2.24) is 0 Å². The van der Waals surface area contributed by atoms with E-state index in [-0.39, 0.29) is 24.2 Å². The molecule has 0 saturated carbocycles. The zero-order chi connectivity index (χ0) is 7.70. The molecule has 0 amide bonds. The van der Waals surface area contributed by atoms with E-state index >= 15 is 0 Å². The Hall–Kier alpha value is 1.16. The number of hydrogen-bond donors (Lipinski definition) is 0. The van der Waals surface area contributed by atoms with Crippen molar-refractivity contribution in [1.29, 1.82) is 0 Å². The van der Waals surface area contributed by atoms with E-state index in [9.17, 15) is 0 Å². The summed E-state index contributed by atoms with van der Waals surface area (Å²) in [5.74, 6) is 0. The van der Waals surface area contributed by atoms with Gasteiger partial charge in [0.1, 0.15) is 0 Å². The molecule has 0 fully saturated rings. The summed E-state index contributed by atoms with van der Waals surface area (Å²) in [6.45, 7) is 4.60. The van der Waals surface area contributed by atoms with Crippen molar-refractivity contribution in [2.45, 2.75) is 21.8 Å². The van der Waals surface area contributed by atoms with E-state index in [0.717, 1.165) is 0 Å². The van der Waals surface area contributed by atoms with E-state index in [1.54, 1.807) is 0 Å². The molecule has 0 radical (unpaired) electrons. The van der Waals surface area contributed by atoms with Gasteiger partial charge in [0.05, 0.1) is 0 Å². The number of hydrogen-bond acceptors (Lipinski definition) is 3. The second kappa shape index (κ2) is 11.9. The first-order valence-electron chi connectivity index (χ1n) is 2.62. The molecule has 0 aliphatic heterocycles. The predicted octanol–water partition coefficient (Wildman–Crippen LogP) is -1.31. The second-order valence-electron chi connectivity index (χ2n) is 1.16. The Morgan fingerprint density at radius 2 is 1.56 bits per heavy atom. The quantitative estimate of drug-likeness (QED) is 0.549. The van der Waals surface area contributed by atoms with Gasteiger partial charge in [-0.05, 0) is 0 Å². The molecule has 0 unspecified atom stereocenters. The molecule has 3 nitrogen and oxygen atoms in total. The van der Waals surface area contributed by atoms with Crippen LogP contribution in [0.2, 0.25) is 7.96 Å². The molecule has 0 aromatic rings. The monoisotopic (exact) mass is 394 g/mol. The fraction of sp³-hybridized carbons (Fsp3) is 1.00. The fourth-order valence-electron chi connectivity index (χ4n) is 0.250. The van der Waals surface area contributed by atoms with Crippen molar-refractivity contribution in [3.8, 4) is 0 Å². The normalized spacial score (nSPS) is 7.67. The molecule has 0 saturated heterocycles. The van der Waals surface area contributed by atoms with Crippen molar-refractivity contribution in [3.63, 3.8) is 0 Å². The average molecular weight is 392 g/mol. The van der Waals surface area contributed by atoms with E-state index in [4.69, 9.17) is 12.2 Å². The zero-order valence-corrected chi connectivity index (χ0v) is 11.1. The minimum absolute atomic E-state index is 0.0494. The van der Waals surface area contributed by atoms with Gasteiger partial charge in [-0.2, -0.15) is 0 Å². The van der Waals surface area contributed by atoms with Crippen LogP contribution in [0.15, 0.2) is 0 Å². The van der Waals surface area contributed by atoms with Crippen molar-refractivity contribution in [2.24, 2.45) is 0 Å². The first-order valence-corrected chi connectivity index (χ1v) is 10.2. The molecule has 5 heteroatoms. The van der Waals surface area contributed by atoms with Gasteiger partial charge < -0.3 is 0 Å². The third-order valence-electron chi connectivity index (χ3n) is 0.500. The van der Waals surface area contributed by atoms with E-state index in [0.29, 0.717) is 0 Å². The van der Waals surface area contributed by atoms with Crippen molar-refractivity contribution in [2.75, 3.05) is 0 Å². The molecule has 0 bridgehead atoms. The van der Waals surface area contributed by atoms with Crippen LogP contribution < -0.4 is 8.38 Å². The predicted molar refractivity (Wildman–Crippen MR) is 33.2 cm³/mol. The molecule has 9 heavy (non-hydrogen) atoms. The van der Waals surface area contributed by atoms with Crippen LogP contribution in [0.3, 0.4) is 0 Å². The van der Waals surface area contributed by atoms with Gasteiger partial charge in [-0.15, -0.1) is 0 Å². The molecule has 0 atom stereocenters. The molecule has 0 aliphatic carbocycles. The first kappa shape index (κ1) is 12.8. The molecule has 0 heterocycles. The molecule has 0 N–H and O–H groups in total. The first-order chi connectivity index (χ1) is 4.15. The Balaban J connectivity index is 0. The molecular formula is C4H10O3PbSe. The van der Waals surface area contributed by atoms with Crippen LogP contribution in [0.25, 0.3) is 0 Å². The zero-order valence-electron chi connectivity index (χ0n) is 5.55.